The monoisotopic (exact) mass is 482 g/mol. The molecule has 0 amide bonds. The van der Waals surface area contributed by atoms with E-state index in [4.69, 9.17) is 25.7 Å². The molecule has 5 rings (SSSR count). The van der Waals surface area contributed by atoms with Crippen LogP contribution in [0.5, 0.6) is 5.75 Å². The Hall–Kier alpha value is -3.46. The number of hydrogen-bond donors (Lipinski definition) is 2. The van der Waals surface area contributed by atoms with E-state index in [-0.39, 0.29) is 22.3 Å². The molecule has 0 radical (unpaired) electrons. The molecular formula is C24H24ClFN6O2. The normalized spacial score (nSPS) is 20.3. The van der Waals surface area contributed by atoms with Crippen molar-refractivity contribution in [2.45, 2.75) is 50.5 Å². The molecule has 3 heterocycles. The smallest absolute Gasteiger partial charge is 0.223 e. The highest BCUT2D eigenvalue weighted by Gasteiger charge is 2.42. The number of nitrogens with zero attached hydrogens (tertiary/aromatic N) is 4. The Morgan fingerprint density at radius 3 is 2.71 bits per heavy atom. The third kappa shape index (κ3) is 4.75. The van der Waals surface area contributed by atoms with Crippen molar-refractivity contribution in [3.05, 3.63) is 77.0 Å². The highest BCUT2D eigenvalue weighted by Crippen LogP contribution is 2.43. The first-order valence-corrected chi connectivity index (χ1v) is 11.5. The maximum Gasteiger partial charge on any atom is 0.223 e. The predicted molar refractivity (Wildman–Crippen MR) is 125 cm³/mol. The number of benzene rings is 1. The summed E-state index contributed by atoms with van der Waals surface area (Å²) in [5.74, 6) is 2.17. The lowest BCUT2D eigenvalue weighted by Crippen LogP contribution is -2.38. The molecule has 0 unspecified atom stereocenters. The van der Waals surface area contributed by atoms with Gasteiger partial charge in [0, 0.05) is 31.3 Å². The summed E-state index contributed by atoms with van der Waals surface area (Å²) in [6.07, 6.45) is 5.13. The van der Waals surface area contributed by atoms with Crippen LogP contribution in [-0.2, 0) is 11.8 Å². The molecule has 1 saturated carbocycles. The molecule has 0 aliphatic heterocycles. The van der Waals surface area contributed by atoms with E-state index in [1.165, 1.54) is 6.07 Å². The Morgan fingerprint density at radius 2 is 1.97 bits per heavy atom. The van der Waals surface area contributed by atoms with E-state index < -0.39 is 5.82 Å². The fraction of sp³-hybridized carbons (Fsp3) is 0.333. The Labute approximate surface area is 200 Å². The SMILES string of the molecule is Cc1nnc([C@]2(Cc3cccc(Nc4cc[nH]n4)n3)CC[C@H](Oc3cccc(Cl)c3F)CC2)o1. The van der Waals surface area contributed by atoms with Gasteiger partial charge in [0.2, 0.25) is 11.8 Å². The summed E-state index contributed by atoms with van der Waals surface area (Å²) in [6, 6.07) is 12.5. The number of rotatable bonds is 7. The Morgan fingerprint density at radius 1 is 1.15 bits per heavy atom. The van der Waals surface area contributed by atoms with Crippen molar-refractivity contribution in [1.29, 1.82) is 0 Å². The minimum atomic E-state index is -0.529. The fourth-order valence-corrected chi connectivity index (χ4v) is 4.61. The van der Waals surface area contributed by atoms with Gasteiger partial charge in [0.15, 0.2) is 17.4 Å². The number of aromatic amines is 1. The quantitative estimate of drug-likeness (QED) is 0.357. The number of aromatic nitrogens is 5. The van der Waals surface area contributed by atoms with E-state index >= 15 is 0 Å². The van der Waals surface area contributed by atoms with Gasteiger partial charge in [0.1, 0.15) is 5.82 Å². The van der Waals surface area contributed by atoms with Gasteiger partial charge in [-0.05, 0) is 49.9 Å². The molecule has 3 aromatic heterocycles. The molecule has 1 aromatic carbocycles. The molecule has 4 aromatic rings. The molecule has 0 atom stereocenters. The lowest BCUT2D eigenvalue weighted by atomic mass is 9.70. The van der Waals surface area contributed by atoms with Crippen molar-refractivity contribution >= 4 is 23.2 Å². The number of anilines is 2. The second-order valence-corrected chi connectivity index (χ2v) is 8.96. The lowest BCUT2D eigenvalue weighted by molar-refractivity contribution is 0.0992. The average molecular weight is 483 g/mol. The van der Waals surface area contributed by atoms with E-state index in [1.54, 1.807) is 25.3 Å². The van der Waals surface area contributed by atoms with Gasteiger partial charge in [0.05, 0.1) is 16.5 Å². The first-order chi connectivity index (χ1) is 16.5. The molecule has 34 heavy (non-hydrogen) atoms. The zero-order valence-electron chi connectivity index (χ0n) is 18.6. The number of pyridine rings is 1. The fourth-order valence-electron chi connectivity index (χ4n) is 4.45. The molecule has 0 saturated heterocycles. The number of aryl methyl sites for hydroxylation is 1. The van der Waals surface area contributed by atoms with E-state index in [0.717, 1.165) is 18.5 Å². The number of hydrogen-bond acceptors (Lipinski definition) is 7. The molecule has 10 heteroatoms. The zero-order chi connectivity index (χ0) is 23.5. The molecular weight excluding hydrogens is 459 g/mol. The van der Waals surface area contributed by atoms with Crippen molar-refractivity contribution in [3.63, 3.8) is 0 Å². The van der Waals surface area contributed by atoms with Crippen LogP contribution in [0.4, 0.5) is 16.0 Å². The van der Waals surface area contributed by atoms with Crippen LogP contribution in [0.3, 0.4) is 0 Å². The van der Waals surface area contributed by atoms with Crippen LogP contribution in [0, 0.1) is 12.7 Å². The lowest BCUT2D eigenvalue weighted by Gasteiger charge is -2.37. The summed E-state index contributed by atoms with van der Waals surface area (Å²) in [5, 5.41) is 18.6. The molecule has 1 aliphatic carbocycles. The average Bonchev–Trinajstić information content (AvgIpc) is 3.51. The molecule has 0 bridgehead atoms. The highest BCUT2D eigenvalue weighted by atomic mass is 35.5. The molecule has 8 nitrogen and oxygen atoms in total. The number of ether oxygens (including phenoxy) is 1. The molecule has 1 fully saturated rings. The van der Waals surface area contributed by atoms with Crippen LogP contribution < -0.4 is 10.1 Å². The second-order valence-electron chi connectivity index (χ2n) is 8.55. The van der Waals surface area contributed by atoms with Gasteiger partial charge in [-0.3, -0.25) is 5.10 Å². The summed E-state index contributed by atoms with van der Waals surface area (Å²) in [4.78, 5) is 4.78. The first-order valence-electron chi connectivity index (χ1n) is 11.1. The largest absolute Gasteiger partial charge is 0.487 e. The molecule has 2 N–H and O–H groups in total. The Balaban J connectivity index is 1.35. The summed E-state index contributed by atoms with van der Waals surface area (Å²) in [7, 11) is 0. The maximum atomic E-state index is 14.3. The van der Waals surface area contributed by atoms with Crippen molar-refractivity contribution in [2.75, 3.05) is 5.32 Å². The molecule has 1 aliphatic rings. The third-order valence-corrected chi connectivity index (χ3v) is 6.45. The van der Waals surface area contributed by atoms with Gasteiger partial charge in [-0.1, -0.05) is 23.7 Å². The number of nitrogens with one attached hydrogen (secondary N) is 2. The van der Waals surface area contributed by atoms with Crippen LogP contribution in [0.15, 0.2) is 53.1 Å². The van der Waals surface area contributed by atoms with Crippen LogP contribution in [-0.4, -0.2) is 31.5 Å². The van der Waals surface area contributed by atoms with Gasteiger partial charge in [-0.2, -0.15) is 5.10 Å². The van der Waals surface area contributed by atoms with Crippen molar-refractivity contribution in [3.8, 4) is 5.75 Å². The van der Waals surface area contributed by atoms with Gasteiger partial charge in [-0.25, -0.2) is 9.37 Å². The van der Waals surface area contributed by atoms with Crippen molar-refractivity contribution < 1.29 is 13.5 Å². The van der Waals surface area contributed by atoms with E-state index in [1.807, 2.05) is 24.3 Å². The minimum absolute atomic E-state index is 0.0541. The van der Waals surface area contributed by atoms with Crippen LogP contribution in [0.2, 0.25) is 5.02 Å². The van der Waals surface area contributed by atoms with Gasteiger partial charge in [0.25, 0.3) is 0 Å². The zero-order valence-corrected chi connectivity index (χ0v) is 19.3. The van der Waals surface area contributed by atoms with Crippen molar-refractivity contribution in [2.24, 2.45) is 0 Å². The highest BCUT2D eigenvalue weighted by molar-refractivity contribution is 6.30. The third-order valence-electron chi connectivity index (χ3n) is 6.16. The van der Waals surface area contributed by atoms with E-state index in [0.29, 0.717) is 42.7 Å². The standard InChI is InChI=1S/C24H24ClFN6O2/c1-15-30-32-23(33-15)24(14-16-4-2-7-20(28-16)29-21-10-13-27-31-21)11-8-17(9-12-24)34-19-6-3-5-18(25)22(19)26/h2-7,10,13,17H,8-9,11-12,14H2,1H3,(H2,27,28,29,31)/t17-,24+. The predicted octanol–water partition coefficient (Wildman–Crippen LogP) is 5.53. The number of halogens is 2. The van der Waals surface area contributed by atoms with Crippen LogP contribution in [0.25, 0.3) is 0 Å². The summed E-state index contributed by atoms with van der Waals surface area (Å²) in [5.41, 5.74) is 0.517. The minimum Gasteiger partial charge on any atom is -0.487 e. The molecule has 0 spiro atoms. The Bertz CT molecular complexity index is 1250. The van der Waals surface area contributed by atoms with E-state index in [2.05, 4.69) is 25.7 Å². The summed E-state index contributed by atoms with van der Waals surface area (Å²) >= 11 is 5.91. The maximum absolute atomic E-state index is 14.3. The van der Waals surface area contributed by atoms with Crippen LogP contribution >= 0.6 is 11.6 Å². The first kappa shape index (κ1) is 22.3. The van der Waals surface area contributed by atoms with E-state index in [9.17, 15) is 4.39 Å². The topological polar surface area (TPSA) is 102 Å². The van der Waals surface area contributed by atoms with Gasteiger partial charge < -0.3 is 14.5 Å². The van der Waals surface area contributed by atoms with Crippen molar-refractivity contribution in [1.82, 2.24) is 25.4 Å². The molecule has 176 valence electrons. The van der Waals surface area contributed by atoms with Gasteiger partial charge >= 0.3 is 0 Å². The van der Waals surface area contributed by atoms with Crippen LogP contribution in [0.1, 0.15) is 43.2 Å². The summed E-state index contributed by atoms with van der Waals surface area (Å²) in [6.45, 7) is 1.79. The Kier molecular flexibility index (Phi) is 6.19. The van der Waals surface area contributed by atoms with Gasteiger partial charge in [-0.15, -0.1) is 10.2 Å². The summed E-state index contributed by atoms with van der Waals surface area (Å²) < 4.78 is 26.2. The number of H-pyrrole nitrogens is 1. The second kappa shape index (κ2) is 9.42.